The van der Waals surface area contributed by atoms with Gasteiger partial charge in [0.25, 0.3) is 0 Å². The van der Waals surface area contributed by atoms with Crippen LogP contribution in [0.1, 0.15) is 48.5 Å². The van der Waals surface area contributed by atoms with Gasteiger partial charge in [-0.25, -0.2) is 0 Å². The molecule has 6 heteroatoms. The minimum Gasteiger partial charge on any atom is -0.399 e. The summed E-state index contributed by atoms with van der Waals surface area (Å²) in [4.78, 5) is 4.26. The molecule has 0 radical (unpaired) electrons. The van der Waals surface area contributed by atoms with Crippen LogP contribution in [0.3, 0.4) is 0 Å². The van der Waals surface area contributed by atoms with E-state index in [0.717, 1.165) is 26.4 Å². The number of oxime groups is 1. The Bertz CT molecular complexity index is 179. The van der Waals surface area contributed by atoms with E-state index in [1.54, 1.807) is 13.1 Å². The molecule has 0 unspecified atom stereocenters. The molecule has 0 aromatic carbocycles. The molecule has 0 N–H and O–H groups in total. The van der Waals surface area contributed by atoms with Gasteiger partial charge in [-0.05, 0) is 34.6 Å². The lowest BCUT2D eigenvalue weighted by molar-refractivity contribution is -0.123. The average Bonchev–Trinajstić information content (AvgIpc) is 2.95. The van der Waals surface area contributed by atoms with Crippen molar-refractivity contribution >= 4 is 6.21 Å². The van der Waals surface area contributed by atoms with Crippen LogP contribution < -0.4 is 0 Å². The van der Waals surface area contributed by atoms with Crippen LogP contribution in [0.2, 0.25) is 0 Å². The monoisotopic (exact) mass is 309 g/mol. The van der Waals surface area contributed by atoms with E-state index >= 15 is 0 Å². The molecule has 0 saturated carbocycles. The zero-order valence-corrected chi connectivity index (χ0v) is 15.0. The first-order valence-corrected chi connectivity index (χ1v) is 7.59. The second-order valence-corrected chi connectivity index (χ2v) is 3.33. The van der Waals surface area contributed by atoms with E-state index in [4.69, 9.17) is 18.9 Å². The Labute approximate surface area is 130 Å². The third-order valence-corrected chi connectivity index (χ3v) is 1.80. The molecule has 1 aliphatic rings. The number of rotatable bonds is 5. The molecule has 0 atom stereocenters. The Morgan fingerprint density at radius 3 is 1.71 bits per heavy atom. The number of hydrogen-bond donors (Lipinski definition) is 0. The highest BCUT2D eigenvalue weighted by atomic mass is 16.7. The van der Waals surface area contributed by atoms with Crippen LogP contribution in [0.5, 0.6) is 0 Å². The fraction of sp³-hybridized carbons (Fsp3) is 0.933. The topological polar surface area (TPSA) is 58.5 Å². The summed E-state index contributed by atoms with van der Waals surface area (Å²) in [7, 11) is 1.51. The van der Waals surface area contributed by atoms with Gasteiger partial charge in [0.2, 0.25) is 0 Å². The van der Waals surface area contributed by atoms with Gasteiger partial charge in [0.15, 0.2) is 12.6 Å². The maximum atomic E-state index is 5.06. The van der Waals surface area contributed by atoms with Crippen LogP contribution >= 0.6 is 0 Å². The van der Waals surface area contributed by atoms with Crippen molar-refractivity contribution in [3.8, 4) is 0 Å². The molecule has 0 aromatic rings. The molecule has 1 rings (SSSR count). The molecular weight excluding hydrogens is 274 g/mol. The summed E-state index contributed by atoms with van der Waals surface area (Å²) in [5, 5.41) is 3.35. The van der Waals surface area contributed by atoms with Crippen molar-refractivity contribution in [2.75, 3.05) is 33.5 Å². The van der Waals surface area contributed by atoms with Crippen LogP contribution in [0.25, 0.3) is 0 Å². The third-order valence-electron chi connectivity index (χ3n) is 1.80. The van der Waals surface area contributed by atoms with Gasteiger partial charge in [-0.2, -0.15) is 0 Å². The van der Waals surface area contributed by atoms with E-state index in [1.807, 2.05) is 41.5 Å². The summed E-state index contributed by atoms with van der Waals surface area (Å²) >= 11 is 0. The van der Waals surface area contributed by atoms with Crippen molar-refractivity contribution in [1.29, 1.82) is 0 Å². The van der Waals surface area contributed by atoms with E-state index in [9.17, 15) is 0 Å². The number of hydrogen-bond acceptors (Lipinski definition) is 6. The molecule has 6 nitrogen and oxygen atoms in total. The summed E-state index contributed by atoms with van der Waals surface area (Å²) in [6.45, 7) is 16.5. The van der Waals surface area contributed by atoms with E-state index in [2.05, 4.69) is 9.99 Å². The van der Waals surface area contributed by atoms with E-state index in [-0.39, 0.29) is 12.6 Å². The molecule has 1 heterocycles. The van der Waals surface area contributed by atoms with Crippen molar-refractivity contribution in [1.82, 2.24) is 0 Å². The lowest BCUT2D eigenvalue weighted by atomic mass is 10.7. The van der Waals surface area contributed by atoms with Gasteiger partial charge >= 0.3 is 0 Å². The minimum atomic E-state index is -0.0370. The van der Waals surface area contributed by atoms with Crippen LogP contribution in [0.15, 0.2) is 5.16 Å². The van der Waals surface area contributed by atoms with Crippen LogP contribution in [0, 0.1) is 0 Å². The lowest BCUT2D eigenvalue weighted by Crippen LogP contribution is -2.11. The van der Waals surface area contributed by atoms with Crippen molar-refractivity contribution < 1.29 is 23.8 Å². The quantitative estimate of drug-likeness (QED) is 0.442. The van der Waals surface area contributed by atoms with Gasteiger partial charge in [0.1, 0.15) is 7.11 Å². The van der Waals surface area contributed by atoms with Crippen molar-refractivity contribution in [3.63, 3.8) is 0 Å². The SMILES string of the molecule is C/C=N/OC.CC.CC1OCCO1.CCOC(C)OCC. The normalized spacial score (nSPS) is 13.8. The van der Waals surface area contributed by atoms with Crippen molar-refractivity contribution in [3.05, 3.63) is 0 Å². The third kappa shape index (κ3) is 28.3. The zero-order valence-electron chi connectivity index (χ0n) is 15.0. The molecule has 0 bridgehead atoms. The largest absolute Gasteiger partial charge is 0.399 e. The zero-order chi connectivity index (χ0) is 16.9. The van der Waals surface area contributed by atoms with E-state index < -0.39 is 0 Å². The molecule has 1 saturated heterocycles. The predicted octanol–water partition coefficient (Wildman–Crippen LogP) is 3.45. The summed E-state index contributed by atoms with van der Waals surface area (Å²) in [5.74, 6) is 0. The van der Waals surface area contributed by atoms with Crippen LogP contribution in [-0.2, 0) is 23.8 Å². The highest BCUT2D eigenvalue weighted by Crippen LogP contribution is 1.99. The van der Waals surface area contributed by atoms with Crippen LogP contribution in [0.4, 0.5) is 0 Å². The molecule has 0 spiro atoms. The summed E-state index contributed by atoms with van der Waals surface area (Å²) in [6.07, 6.45) is 1.59. The molecule has 0 aliphatic carbocycles. The minimum absolute atomic E-state index is 0.0370. The highest BCUT2D eigenvalue weighted by Gasteiger charge is 2.07. The molecule has 21 heavy (non-hydrogen) atoms. The molecule has 0 amide bonds. The fourth-order valence-corrected chi connectivity index (χ4v) is 1.10. The van der Waals surface area contributed by atoms with Crippen molar-refractivity contribution in [2.45, 2.75) is 61.0 Å². The summed E-state index contributed by atoms with van der Waals surface area (Å²) in [5.41, 5.74) is 0. The first kappa shape index (κ1) is 25.3. The molecular formula is C15H35NO5. The number of ether oxygens (including phenoxy) is 4. The van der Waals surface area contributed by atoms with Gasteiger partial charge in [-0.15, -0.1) is 5.16 Å². The maximum absolute atomic E-state index is 5.06. The molecule has 1 fully saturated rings. The van der Waals surface area contributed by atoms with Gasteiger partial charge in [0.05, 0.1) is 13.2 Å². The summed E-state index contributed by atoms with van der Waals surface area (Å²) in [6, 6.07) is 0. The Kier molecular flexibility index (Phi) is 29.3. The number of nitrogens with zero attached hydrogens (tertiary/aromatic N) is 1. The summed E-state index contributed by atoms with van der Waals surface area (Å²) < 4.78 is 20.0. The first-order chi connectivity index (χ1) is 10.1. The maximum Gasteiger partial charge on any atom is 0.155 e. The predicted molar refractivity (Wildman–Crippen MR) is 86.6 cm³/mol. The van der Waals surface area contributed by atoms with Crippen LogP contribution in [-0.4, -0.2) is 52.3 Å². The molecule has 130 valence electrons. The van der Waals surface area contributed by atoms with Crippen molar-refractivity contribution in [2.24, 2.45) is 5.16 Å². The first-order valence-electron chi connectivity index (χ1n) is 7.59. The Morgan fingerprint density at radius 2 is 1.57 bits per heavy atom. The molecule has 1 aliphatic heterocycles. The Hall–Kier alpha value is -0.690. The average molecular weight is 309 g/mol. The molecule has 0 aromatic heterocycles. The van der Waals surface area contributed by atoms with Gasteiger partial charge in [-0.1, -0.05) is 13.8 Å². The highest BCUT2D eigenvalue weighted by molar-refractivity contribution is 5.52. The Balaban J connectivity index is -0.000000223. The standard InChI is InChI=1S/C6H14O2.C4H8O2.C3H7NO.C2H6/c1-4-7-6(3)8-5-2;1-4-5-2-3-6-4;1-3-4-5-2;1-2/h6H,4-5H2,1-3H3;4H,2-3H2,1H3;3H,1-2H3;1-2H3/b;;4-3+;. The second kappa shape index (κ2) is 24.3. The van der Waals surface area contributed by atoms with Gasteiger partial charge in [-0.3, -0.25) is 0 Å². The lowest BCUT2D eigenvalue weighted by Gasteiger charge is -2.09. The van der Waals surface area contributed by atoms with E-state index in [0.29, 0.717) is 0 Å². The van der Waals surface area contributed by atoms with Gasteiger partial charge in [0, 0.05) is 19.4 Å². The fourth-order valence-electron chi connectivity index (χ4n) is 1.10. The Morgan fingerprint density at radius 1 is 1.14 bits per heavy atom. The second-order valence-electron chi connectivity index (χ2n) is 3.33. The van der Waals surface area contributed by atoms with Gasteiger partial charge < -0.3 is 23.8 Å². The van der Waals surface area contributed by atoms with E-state index in [1.165, 1.54) is 7.11 Å². The smallest absolute Gasteiger partial charge is 0.155 e.